The quantitative estimate of drug-likeness (QED) is 0.369. The Hall–Kier alpha value is -0.600. The monoisotopic (exact) mass is 189 g/mol. The number of hydrogen-bond donors (Lipinski definition) is 1. The van der Waals surface area contributed by atoms with E-state index >= 15 is 0 Å². The van der Waals surface area contributed by atoms with Gasteiger partial charge >= 0.3 is 0 Å². The molecule has 1 N–H and O–H groups in total. The zero-order valence-corrected chi connectivity index (χ0v) is 8.96. The lowest BCUT2D eigenvalue weighted by atomic mass is 10.1. The van der Waals surface area contributed by atoms with E-state index in [9.17, 15) is 0 Å². The molecule has 0 rings (SSSR count). The Balaban J connectivity index is 0. The molecule has 0 saturated carbocycles. The highest BCUT2D eigenvalue weighted by atomic mass is 16.6. The van der Waals surface area contributed by atoms with Crippen LogP contribution in [-0.4, -0.2) is 5.21 Å². The third-order valence-corrected chi connectivity index (χ3v) is 1.96. The lowest BCUT2D eigenvalue weighted by molar-refractivity contribution is 0.312. The Kier molecular flexibility index (Phi) is 20.0. The van der Waals surface area contributed by atoms with Crippen LogP contribution in [0, 0.1) is 4.91 Å². The topological polar surface area (TPSA) is 49.7 Å². The van der Waals surface area contributed by atoms with E-state index in [4.69, 9.17) is 10.1 Å². The molecule has 0 atom stereocenters. The van der Waals surface area contributed by atoms with Crippen LogP contribution in [-0.2, 0) is 0 Å². The van der Waals surface area contributed by atoms with Gasteiger partial charge in [-0.05, 0) is 0 Å². The van der Waals surface area contributed by atoms with Gasteiger partial charge in [-0.25, -0.2) is 0 Å². The van der Waals surface area contributed by atoms with E-state index in [-0.39, 0.29) is 0 Å². The molecule has 0 aromatic carbocycles. The number of rotatable bonds is 7. The highest BCUT2D eigenvalue weighted by Gasteiger charge is 1.87. The zero-order chi connectivity index (χ0) is 10.4. The summed E-state index contributed by atoms with van der Waals surface area (Å²) in [5, 5.41) is 7.89. The summed E-state index contributed by atoms with van der Waals surface area (Å²) in [5.74, 6) is 0. The van der Waals surface area contributed by atoms with Crippen molar-refractivity contribution in [1.82, 2.24) is 0 Å². The van der Waals surface area contributed by atoms with Crippen LogP contribution in [0.5, 0.6) is 0 Å². The lowest BCUT2D eigenvalue weighted by Gasteiger charge is -1.97. The normalized spacial score (nSPS) is 8.77. The molecular formula is C10H23NO2. The van der Waals surface area contributed by atoms with E-state index < -0.39 is 0 Å². The highest BCUT2D eigenvalue weighted by Crippen LogP contribution is 2.07. The molecule has 3 heteroatoms. The number of hydrogen-bond acceptors (Lipinski definition) is 2. The summed E-state index contributed by atoms with van der Waals surface area (Å²) < 4.78 is 0. The van der Waals surface area contributed by atoms with Crippen LogP contribution in [0.1, 0.15) is 65.2 Å². The molecule has 0 radical (unpaired) electrons. The molecule has 0 saturated heterocycles. The number of unbranched alkanes of at least 4 members (excludes halogenated alkanes) is 7. The van der Waals surface area contributed by atoms with Gasteiger partial charge in [0.1, 0.15) is 0 Å². The summed E-state index contributed by atoms with van der Waals surface area (Å²) in [7, 11) is 0. The third-order valence-electron chi connectivity index (χ3n) is 1.96. The summed E-state index contributed by atoms with van der Waals surface area (Å²) in [4.78, 5) is 8.11. The summed E-state index contributed by atoms with van der Waals surface area (Å²) in [6.45, 7) is 4.54. The predicted molar refractivity (Wildman–Crippen MR) is 55.9 cm³/mol. The molecule has 0 spiro atoms. The minimum atomic E-state index is 1.25. The van der Waals surface area contributed by atoms with Crippen LogP contribution in [0.2, 0.25) is 0 Å². The third kappa shape index (κ3) is 24.6. The lowest BCUT2D eigenvalue weighted by Crippen LogP contribution is -1.77. The Morgan fingerprint density at radius 1 is 0.846 bits per heavy atom. The van der Waals surface area contributed by atoms with Crippen LogP contribution >= 0.6 is 0 Å². The van der Waals surface area contributed by atoms with E-state index in [1.807, 2.05) is 0 Å². The van der Waals surface area contributed by atoms with E-state index in [2.05, 4.69) is 13.8 Å². The first kappa shape index (κ1) is 14.9. The summed E-state index contributed by atoms with van der Waals surface area (Å²) in [6, 6.07) is 0. The van der Waals surface area contributed by atoms with Gasteiger partial charge in [0.25, 0.3) is 0 Å². The van der Waals surface area contributed by atoms with Crippen LogP contribution in [0.25, 0.3) is 0 Å². The predicted octanol–water partition coefficient (Wildman–Crippen LogP) is 4.29. The summed E-state index contributed by atoms with van der Waals surface area (Å²) in [5.41, 5.74) is 0. The average molecular weight is 189 g/mol. The van der Waals surface area contributed by atoms with Gasteiger partial charge in [0.15, 0.2) is 5.34 Å². The van der Waals surface area contributed by atoms with Gasteiger partial charge in [-0.1, -0.05) is 65.2 Å². The first-order valence-electron chi connectivity index (χ1n) is 5.30. The van der Waals surface area contributed by atoms with E-state index in [1.54, 1.807) is 0 Å². The second-order valence-electron chi connectivity index (χ2n) is 3.20. The molecule has 3 nitrogen and oxygen atoms in total. The van der Waals surface area contributed by atoms with Crippen LogP contribution < -0.4 is 0 Å². The smallest absolute Gasteiger partial charge is 0.152 e. The molecule has 0 aliphatic rings. The minimum absolute atomic E-state index is 1.25. The van der Waals surface area contributed by atoms with Gasteiger partial charge in [0.05, 0.1) is 0 Å². The minimum Gasteiger partial charge on any atom is -0.379 e. The maximum atomic E-state index is 8.11. The van der Waals surface area contributed by atoms with Crippen molar-refractivity contribution in [2.45, 2.75) is 65.2 Å². The maximum Gasteiger partial charge on any atom is 0.152 e. The van der Waals surface area contributed by atoms with E-state index in [0.717, 1.165) is 0 Å². The first-order valence-corrected chi connectivity index (χ1v) is 5.30. The van der Waals surface area contributed by atoms with Crippen molar-refractivity contribution in [3.05, 3.63) is 4.91 Å². The van der Waals surface area contributed by atoms with Gasteiger partial charge in [0, 0.05) is 0 Å². The van der Waals surface area contributed by atoms with Gasteiger partial charge in [-0.3, -0.25) is 0 Å². The molecule has 0 bridgehead atoms. The second kappa shape index (κ2) is 17.5. The molecule has 0 unspecified atom stereocenters. The molecule has 0 aliphatic carbocycles. The molecule has 0 amide bonds. The fourth-order valence-corrected chi connectivity index (χ4v) is 1.21. The molecule has 0 fully saturated rings. The van der Waals surface area contributed by atoms with Crippen molar-refractivity contribution < 1.29 is 5.21 Å². The van der Waals surface area contributed by atoms with Crippen molar-refractivity contribution in [1.29, 1.82) is 0 Å². The SMILES string of the molecule is CCCCCCCCCC.O=NO. The molecule has 0 aliphatic heterocycles. The fourth-order valence-electron chi connectivity index (χ4n) is 1.21. The van der Waals surface area contributed by atoms with Crippen LogP contribution in [0.15, 0.2) is 5.34 Å². The fraction of sp³-hybridized carbons (Fsp3) is 1.00. The van der Waals surface area contributed by atoms with Crippen molar-refractivity contribution in [3.63, 3.8) is 0 Å². The van der Waals surface area contributed by atoms with Crippen LogP contribution in [0.4, 0.5) is 0 Å². The van der Waals surface area contributed by atoms with Gasteiger partial charge < -0.3 is 5.21 Å². The van der Waals surface area contributed by atoms with E-state index in [1.165, 1.54) is 56.7 Å². The van der Waals surface area contributed by atoms with Gasteiger partial charge in [-0.2, -0.15) is 0 Å². The highest BCUT2D eigenvalue weighted by molar-refractivity contribution is 4.43. The zero-order valence-electron chi connectivity index (χ0n) is 8.96. The largest absolute Gasteiger partial charge is 0.379 e. The van der Waals surface area contributed by atoms with E-state index in [0.29, 0.717) is 0 Å². The van der Waals surface area contributed by atoms with Gasteiger partial charge in [0.2, 0.25) is 0 Å². The molecule has 13 heavy (non-hydrogen) atoms. The van der Waals surface area contributed by atoms with Crippen molar-refractivity contribution in [2.75, 3.05) is 0 Å². The van der Waals surface area contributed by atoms with Crippen LogP contribution in [0.3, 0.4) is 0 Å². The average Bonchev–Trinajstić information content (AvgIpc) is 2.13. The van der Waals surface area contributed by atoms with Crippen molar-refractivity contribution >= 4 is 0 Å². The number of nitrogens with zero attached hydrogens (tertiary/aromatic N) is 1. The molecule has 0 aromatic heterocycles. The molecular weight excluding hydrogens is 166 g/mol. The van der Waals surface area contributed by atoms with Gasteiger partial charge in [-0.15, -0.1) is 4.91 Å². The maximum absolute atomic E-state index is 8.11. The summed E-state index contributed by atoms with van der Waals surface area (Å²) in [6.07, 6.45) is 11.5. The Labute approximate surface area is 81.5 Å². The first-order chi connectivity index (χ1) is 6.33. The Morgan fingerprint density at radius 2 is 1.08 bits per heavy atom. The molecule has 0 aromatic rings. The van der Waals surface area contributed by atoms with Crippen molar-refractivity contribution in [3.8, 4) is 0 Å². The molecule has 80 valence electrons. The summed E-state index contributed by atoms with van der Waals surface area (Å²) >= 11 is 0. The Morgan fingerprint density at radius 3 is 1.31 bits per heavy atom. The molecule has 0 heterocycles. The van der Waals surface area contributed by atoms with Crippen molar-refractivity contribution in [2.24, 2.45) is 5.34 Å². The Bertz CT molecular complexity index is 79.0. The second-order valence-corrected chi connectivity index (χ2v) is 3.20. The standard InChI is InChI=1S/C10H22.HNO2/c1-3-5-7-9-10-8-6-4-2;2-1-3/h3-10H2,1-2H3;(H,2,3).